The lowest BCUT2D eigenvalue weighted by Crippen LogP contribution is -1.88. The fourth-order valence-electron chi connectivity index (χ4n) is 2.25. The van der Waals surface area contributed by atoms with Gasteiger partial charge in [0, 0.05) is 6.20 Å². The summed E-state index contributed by atoms with van der Waals surface area (Å²) in [5.41, 5.74) is 2.44. The minimum Gasteiger partial charge on any atom is -0.280 e. The van der Waals surface area contributed by atoms with Crippen LogP contribution in [0, 0.1) is 17.1 Å². The van der Waals surface area contributed by atoms with E-state index in [1.54, 1.807) is 34.7 Å². The summed E-state index contributed by atoms with van der Waals surface area (Å²) in [6, 6.07) is 11.9. The molecule has 0 radical (unpaired) electrons. The topological polar surface area (TPSA) is 65.8 Å². The monoisotopic (exact) mass is 307 g/mol. The first-order valence-corrected chi connectivity index (χ1v) is 7.18. The molecule has 2 heterocycles. The fourth-order valence-corrected chi connectivity index (χ4v) is 2.25. The van der Waals surface area contributed by atoms with Crippen molar-refractivity contribution in [3.63, 3.8) is 0 Å². The Morgan fingerprint density at radius 1 is 1.22 bits per heavy atom. The lowest BCUT2D eigenvalue weighted by molar-refractivity contribution is 0.619. The van der Waals surface area contributed by atoms with Gasteiger partial charge in [-0.2, -0.15) is 5.26 Å². The molecule has 0 spiro atoms. The van der Waals surface area contributed by atoms with Crippen LogP contribution in [0.25, 0.3) is 5.65 Å². The smallest absolute Gasteiger partial charge is 0.183 e. The number of pyridine rings is 1. The normalized spacial score (nSPS) is 11.4. The maximum Gasteiger partial charge on any atom is 0.183 e. The third kappa shape index (κ3) is 2.94. The van der Waals surface area contributed by atoms with Crippen LogP contribution >= 0.6 is 0 Å². The van der Waals surface area contributed by atoms with Crippen molar-refractivity contribution in [3.05, 3.63) is 59.7 Å². The minimum absolute atomic E-state index is 0.123. The van der Waals surface area contributed by atoms with Gasteiger partial charge >= 0.3 is 0 Å². The van der Waals surface area contributed by atoms with Crippen molar-refractivity contribution in [2.24, 2.45) is 10.2 Å². The van der Waals surface area contributed by atoms with E-state index in [2.05, 4.69) is 21.3 Å². The number of benzene rings is 1. The molecule has 3 rings (SSSR count). The highest BCUT2D eigenvalue weighted by atomic mass is 19.1. The Labute approximate surface area is 132 Å². The molecule has 114 valence electrons. The number of hydrogen-bond donors (Lipinski definition) is 0. The number of azo groups is 1. The van der Waals surface area contributed by atoms with E-state index in [9.17, 15) is 4.39 Å². The van der Waals surface area contributed by atoms with Crippen LogP contribution in [0.5, 0.6) is 0 Å². The van der Waals surface area contributed by atoms with Crippen LogP contribution in [0.4, 0.5) is 15.9 Å². The highest BCUT2D eigenvalue weighted by Crippen LogP contribution is 2.29. The van der Waals surface area contributed by atoms with E-state index in [-0.39, 0.29) is 11.7 Å². The molecule has 0 aliphatic carbocycles. The summed E-state index contributed by atoms with van der Waals surface area (Å²) in [5.74, 6) is 0.252. The largest absolute Gasteiger partial charge is 0.280 e. The van der Waals surface area contributed by atoms with E-state index in [0.717, 1.165) is 5.69 Å². The molecule has 0 saturated carbocycles. The van der Waals surface area contributed by atoms with Gasteiger partial charge in [0.2, 0.25) is 0 Å². The second-order valence-electron chi connectivity index (χ2n) is 5.41. The van der Waals surface area contributed by atoms with Gasteiger partial charge < -0.3 is 0 Å². The van der Waals surface area contributed by atoms with E-state index < -0.39 is 0 Å². The fraction of sp³-hybridized carbons (Fsp3) is 0.176. The second kappa shape index (κ2) is 5.97. The highest BCUT2D eigenvalue weighted by molar-refractivity contribution is 5.53. The van der Waals surface area contributed by atoms with Crippen molar-refractivity contribution in [3.8, 4) is 6.07 Å². The minimum atomic E-state index is -0.367. The van der Waals surface area contributed by atoms with E-state index in [1.807, 2.05) is 13.8 Å². The highest BCUT2D eigenvalue weighted by Gasteiger charge is 2.15. The molecule has 0 bridgehead atoms. The lowest BCUT2D eigenvalue weighted by atomic mass is 10.1. The molecular weight excluding hydrogens is 293 g/mol. The first-order valence-electron chi connectivity index (χ1n) is 7.18. The zero-order valence-electron chi connectivity index (χ0n) is 12.7. The van der Waals surface area contributed by atoms with Crippen LogP contribution in [0.1, 0.15) is 31.0 Å². The molecule has 0 atom stereocenters. The van der Waals surface area contributed by atoms with Gasteiger partial charge in [0.15, 0.2) is 5.82 Å². The van der Waals surface area contributed by atoms with E-state index in [0.29, 0.717) is 22.7 Å². The molecule has 0 amide bonds. The van der Waals surface area contributed by atoms with Crippen molar-refractivity contribution in [2.45, 2.75) is 19.8 Å². The summed E-state index contributed by atoms with van der Waals surface area (Å²) in [5, 5.41) is 17.3. The molecule has 1 aromatic carbocycles. The Hall–Kier alpha value is -3.07. The van der Waals surface area contributed by atoms with Gasteiger partial charge in [-0.05, 0) is 36.2 Å². The van der Waals surface area contributed by atoms with Gasteiger partial charge in [-0.15, -0.1) is 10.2 Å². The van der Waals surface area contributed by atoms with Crippen LogP contribution in [0.15, 0.2) is 52.8 Å². The number of rotatable bonds is 3. The number of hydrogen-bond acceptors (Lipinski definition) is 4. The quantitative estimate of drug-likeness (QED) is 0.647. The zero-order chi connectivity index (χ0) is 16.4. The Morgan fingerprint density at radius 2 is 2.04 bits per heavy atom. The summed E-state index contributed by atoms with van der Waals surface area (Å²) in [6.07, 6.45) is 1.34. The van der Waals surface area contributed by atoms with E-state index >= 15 is 0 Å². The Balaban J connectivity index is 2.10. The van der Waals surface area contributed by atoms with Crippen molar-refractivity contribution >= 4 is 17.2 Å². The number of imidazole rings is 1. The third-order valence-corrected chi connectivity index (χ3v) is 3.37. The molecular formula is C17H14FN5. The van der Waals surface area contributed by atoms with Crippen LogP contribution < -0.4 is 0 Å². The average Bonchev–Trinajstić information content (AvgIpc) is 2.91. The van der Waals surface area contributed by atoms with Crippen molar-refractivity contribution < 1.29 is 4.39 Å². The summed E-state index contributed by atoms with van der Waals surface area (Å²) in [7, 11) is 0. The summed E-state index contributed by atoms with van der Waals surface area (Å²) in [4.78, 5) is 4.49. The molecule has 0 N–H and O–H groups in total. The van der Waals surface area contributed by atoms with Crippen LogP contribution in [0.2, 0.25) is 0 Å². The molecule has 5 nitrogen and oxygen atoms in total. The third-order valence-electron chi connectivity index (χ3n) is 3.37. The molecule has 3 aromatic rings. The first-order chi connectivity index (χ1) is 11.1. The van der Waals surface area contributed by atoms with Gasteiger partial charge in [0.1, 0.15) is 11.5 Å². The molecule has 0 unspecified atom stereocenters. The van der Waals surface area contributed by atoms with E-state index in [4.69, 9.17) is 5.26 Å². The van der Waals surface area contributed by atoms with Gasteiger partial charge in [-0.3, -0.25) is 4.40 Å². The second-order valence-corrected chi connectivity index (χ2v) is 5.41. The van der Waals surface area contributed by atoms with Crippen molar-refractivity contribution in [2.75, 3.05) is 0 Å². The van der Waals surface area contributed by atoms with Crippen molar-refractivity contribution in [1.29, 1.82) is 5.26 Å². The van der Waals surface area contributed by atoms with Crippen LogP contribution in [-0.2, 0) is 0 Å². The molecule has 2 aromatic heterocycles. The summed E-state index contributed by atoms with van der Waals surface area (Å²) < 4.78 is 15.1. The maximum atomic E-state index is 13.5. The Bertz CT molecular complexity index is 934. The molecule has 0 aliphatic rings. The zero-order valence-corrected chi connectivity index (χ0v) is 12.7. The van der Waals surface area contributed by atoms with Crippen LogP contribution in [-0.4, -0.2) is 9.38 Å². The van der Waals surface area contributed by atoms with Crippen molar-refractivity contribution in [1.82, 2.24) is 9.38 Å². The maximum absolute atomic E-state index is 13.5. The van der Waals surface area contributed by atoms with Gasteiger partial charge in [0.05, 0.1) is 23.0 Å². The average molecular weight is 307 g/mol. The molecule has 0 saturated heterocycles. The number of halogens is 1. The lowest BCUT2D eigenvalue weighted by Gasteiger charge is -2.01. The predicted octanol–water partition coefficient (Wildman–Crippen LogP) is 4.88. The molecule has 0 aliphatic heterocycles. The van der Waals surface area contributed by atoms with Gasteiger partial charge in [0.25, 0.3) is 0 Å². The summed E-state index contributed by atoms with van der Waals surface area (Å²) >= 11 is 0. The predicted molar refractivity (Wildman–Crippen MR) is 84.6 cm³/mol. The van der Waals surface area contributed by atoms with Gasteiger partial charge in [-0.1, -0.05) is 19.9 Å². The Kier molecular flexibility index (Phi) is 3.85. The molecule has 0 fully saturated rings. The number of aromatic nitrogens is 2. The summed E-state index contributed by atoms with van der Waals surface area (Å²) in [6.45, 7) is 3.99. The molecule has 6 heteroatoms. The van der Waals surface area contributed by atoms with E-state index in [1.165, 1.54) is 12.3 Å². The standard InChI is InChI=1S/C17H14FN5/c1-11(2)16-17(23-10-13(18)6-7-15(23)20-16)22-21-14-5-3-4-12(8-14)9-19/h3-8,10-11H,1-2H3. The molecule has 23 heavy (non-hydrogen) atoms. The first kappa shape index (κ1) is 14.9. The number of nitriles is 1. The Morgan fingerprint density at radius 3 is 2.78 bits per heavy atom. The SMILES string of the molecule is CC(C)c1nc2ccc(F)cn2c1N=Nc1cccc(C#N)c1. The van der Waals surface area contributed by atoms with Gasteiger partial charge in [-0.25, -0.2) is 9.37 Å². The number of fused-ring (bicyclic) bond motifs is 1. The van der Waals surface area contributed by atoms with Crippen LogP contribution in [0.3, 0.4) is 0 Å². The number of nitrogens with zero attached hydrogens (tertiary/aromatic N) is 5.